The summed E-state index contributed by atoms with van der Waals surface area (Å²) in [6, 6.07) is 7.00. The zero-order valence-corrected chi connectivity index (χ0v) is 36.4. The Kier molecular flexibility index (Phi) is 29.8. The van der Waals surface area contributed by atoms with Crippen molar-refractivity contribution >= 4 is 30.1 Å². The second-order valence-corrected chi connectivity index (χ2v) is 14.4. The number of benzene rings is 1. The minimum absolute atomic E-state index is 0.0117. The maximum absolute atomic E-state index is 13.6. The van der Waals surface area contributed by atoms with Gasteiger partial charge in [-0.05, 0) is 56.6 Å². The molecule has 0 fully saturated rings. The fourth-order valence-corrected chi connectivity index (χ4v) is 6.63. The number of hydrogen-bond donors (Lipinski definition) is 5. The summed E-state index contributed by atoms with van der Waals surface area (Å²) < 4.78 is 12.1. The number of carbonyl (C=O) groups excluding carboxylic acids is 4. The number of methoxy groups -OCH3 is 2. The van der Waals surface area contributed by atoms with E-state index >= 15 is 0 Å². The topological polar surface area (TPSA) is 175 Å². The summed E-state index contributed by atoms with van der Waals surface area (Å²) in [5.74, 6) is -3.09. The smallest absolute Gasteiger partial charge is 0.326 e. The van der Waals surface area contributed by atoms with Gasteiger partial charge in [0.05, 0.1) is 36.8 Å². The largest absolute Gasteiger partial charge is 0.480 e. The first kappa shape index (κ1) is 53.6. The Morgan fingerprint density at radius 2 is 1.49 bits per heavy atom. The van der Waals surface area contributed by atoms with E-state index in [9.17, 15) is 29.1 Å². The Labute approximate surface area is 332 Å². The van der Waals surface area contributed by atoms with E-state index in [0.29, 0.717) is 25.7 Å². The maximum atomic E-state index is 13.6. The second kappa shape index (κ2) is 30.6. The lowest BCUT2D eigenvalue weighted by atomic mass is 9.80. The molecule has 0 saturated carbocycles. The average Bonchev–Trinajstić information content (AvgIpc) is 3.16. The van der Waals surface area contributed by atoms with Gasteiger partial charge in [0.2, 0.25) is 24.1 Å². The van der Waals surface area contributed by atoms with Gasteiger partial charge in [-0.2, -0.15) is 0 Å². The average molecular weight is 780 g/mol. The summed E-state index contributed by atoms with van der Waals surface area (Å²) in [4.78, 5) is 64.9. The van der Waals surface area contributed by atoms with Crippen molar-refractivity contribution in [1.82, 2.24) is 26.2 Å². The van der Waals surface area contributed by atoms with E-state index in [1.165, 1.54) is 13.5 Å². The monoisotopic (exact) mass is 780 g/mol. The normalized spacial score (nSPS) is 15.8. The highest BCUT2D eigenvalue weighted by Gasteiger charge is 2.39. The number of rotatable bonds is 25. The van der Waals surface area contributed by atoms with Crippen molar-refractivity contribution in [2.24, 2.45) is 23.7 Å². The zero-order valence-electron chi connectivity index (χ0n) is 36.4. The number of aliphatic carboxylic acids is 1. The molecule has 1 aromatic rings. The van der Waals surface area contributed by atoms with Gasteiger partial charge in [-0.1, -0.05) is 105 Å². The number of nitrogens with one attached hydrogen (secondary N) is 4. The van der Waals surface area contributed by atoms with E-state index in [0.717, 1.165) is 12.0 Å². The summed E-state index contributed by atoms with van der Waals surface area (Å²) in [5.41, 5.74) is 0.782. The first-order valence-electron chi connectivity index (χ1n) is 20.1. The number of likely N-dealkylation sites (N-methyl/N-ethyl adjacent to an activating group) is 2. The summed E-state index contributed by atoms with van der Waals surface area (Å²) in [5, 5.41) is 21.2. The van der Waals surface area contributed by atoms with E-state index in [1.807, 2.05) is 78.8 Å². The van der Waals surface area contributed by atoms with Gasteiger partial charge in [-0.25, -0.2) is 4.79 Å². The molecule has 1 rings (SSSR count). The van der Waals surface area contributed by atoms with Crippen molar-refractivity contribution in [3.05, 3.63) is 35.9 Å². The van der Waals surface area contributed by atoms with E-state index < -0.39 is 42.1 Å². The van der Waals surface area contributed by atoms with Crippen LogP contribution in [0.3, 0.4) is 0 Å². The molecule has 13 heteroatoms. The minimum Gasteiger partial charge on any atom is -0.480 e. The van der Waals surface area contributed by atoms with Crippen molar-refractivity contribution in [3.8, 4) is 0 Å². The van der Waals surface area contributed by atoms with Crippen LogP contribution in [-0.2, 0) is 39.9 Å². The molecule has 0 radical (unpaired) electrons. The zero-order chi connectivity index (χ0) is 42.7. The van der Waals surface area contributed by atoms with Gasteiger partial charge in [0.15, 0.2) is 0 Å². The minimum atomic E-state index is -1.14. The Hall–Kier alpha value is -3.55. The van der Waals surface area contributed by atoms with Crippen LogP contribution in [0.2, 0.25) is 0 Å². The standard InChI is InChI=1S/C37H63N5O8.C3H8.C2H6/c1-11-24(4)33(42(8)31(44)21-39-36(46)32(38-7)23(2)3)30(49-9)20-28(18-17-25(5)40-22-43)34(50-10)26(6)35(45)41-29(37(47)48)19-27-15-13-12-14-16-27;1-3-2;1-2/h12-16,22-26,28-30,32-34,38H,11,17-21H2,1-10H3,(H,39,46)(H,40,43)(H,41,45)(H,47,48);3H2,1-2H3;1-2H3. The Morgan fingerprint density at radius 1 is 0.909 bits per heavy atom. The van der Waals surface area contributed by atoms with Gasteiger partial charge in [0, 0.05) is 33.7 Å². The molecule has 9 unspecified atom stereocenters. The quantitative estimate of drug-likeness (QED) is 0.0850. The highest BCUT2D eigenvalue weighted by Crippen LogP contribution is 2.31. The molecule has 0 aliphatic carbocycles. The molecule has 5 N–H and O–H groups in total. The number of carbonyl (C=O) groups is 5. The SMILES string of the molecule is CC.CCC.CCC(C)C(C(CC(CCC(C)NC=O)C(OC)C(C)C(=O)NC(Cc1ccccc1)C(=O)O)OC)N(C)C(=O)CNC(=O)C(NC)C(C)C. The fraction of sp³-hybridized carbons (Fsp3) is 0.738. The van der Waals surface area contributed by atoms with E-state index in [-0.39, 0.29) is 54.6 Å². The molecule has 0 saturated heterocycles. The van der Waals surface area contributed by atoms with E-state index in [4.69, 9.17) is 9.47 Å². The first-order valence-corrected chi connectivity index (χ1v) is 20.1. The molecule has 0 heterocycles. The number of ether oxygens (including phenoxy) is 2. The van der Waals surface area contributed by atoms with Crippen LogP contribution in [-0.4, -0.2) is 111 Å². The van der Waals surface area contributed by atoms with Crippen LogP contribution < -0.4 is 21.3 Å². The van der Waals surface area contributed by atoms with Gasteiger partial charge in [-0.3, -0.25) is 19.2 Å². The molecule has 9 atom stereocenters. The van der Waals surface area contributed by atoms with Crippen molar-refractivity contribution in [2.45, 2.75) is 144 Å². The summed E-state index contributed by atoms with van der Waals surface area (Å²) in [6.45, 7) is 19.6. The highest BCUT2D eigenvalue weighted by molar-refractivity contribution is 5.87. The Balaban J connectivity index is 0. The Bertz CT molecular complexity index is 1200. The predicted octanol–water partition coefficient (Wildman–Crippen LogP) is 5.06. The molecular formula is C42H77N5O8. The van der Waals surface area contributed by atoms with Crippen LogP contribution in [0.1, 0.15) is 107 Å². The van der Waals surface area contributed by atoms with Gasteiger partial charge in [0.25, 0.3) is 0 Å². The molecular weight excluding hydrogens is 702 g/mol. The van der Waals surface area contributed by atoms with Crippen molar-refractivity contribution in [2.75, 3.05) is 34.9 Å². The van der Waals surface area contributed by atoms with Crippen LogP contribution in [0.4, 0.5) is 0 Å². The van der Waals surface area contributed by atoms with Crippen LogP contribution in [0, 0.1) is 23.7 Å². The molecule has 13 nitrogen and oxygen atoms in total. The summed E-state index contributed by atoms with van der Waals surface area (Å²) in [7, 11) is 6.53. The summed E-state index contributed by atoms with van der Waals surface area (Å²) in [6.07, 6.45) is 3.18. The lowest BCUT2D eigenvalue weighted by Crippen LogP contribution is -2.54. The van der Waals surface area contributed by atoms with Crippen molar-refractivity contribution in [1.29, 1.82) is 0 Å². The lowest BCUT2D eigenvalue weighted by Gasteiger charge is -2.41. The molecule has 318 valence electrons. The third-order valence-corrected chi connectivity index (χ3v) is 9.82. The molecule has 0 bridgehead atoms. The number of carboxylic acid groups (broad SMARTS) is 1. The third kappa shape index (κ3) is 19.7. The molecule has 4 amide bonds. The molecule has 0 aliphatic heterocycles. The van der Waals surface area contributed by atoms with Crippen molar-refractivity contribution in [3.63, 3.8) is 0 Å². The van der Waals surface area contributed by atoms with Gasteiger partial charge >= 0.3 is 5.97 Å². The highest BCUT2D eigenvalue weighted by atomic mass is 16.5. The fourth-order valence-electron chi connectivity index (χ4n) is 6.63. The summed E-state index contributed by atoms with van der Waals surface area (Å²) >= 11 is 0. The maximum Gasteiger partial charge on any atom is 0.326 e. The van der Waals surface area contributed by atoms with Crippen LogP contribution in [0.5, 0.6) is 0 Å². The Morgan fingerprint density at radius 3 is 1.95 bits per heavy atom. The number of nitrogens with zero attached hydrogens (tertiary/aromatic N) is 1. The lowest BCUT2D eigenvalue weighted by molar-refractivity contribution is -0.144. The number of hydrogen-bond acceptors (Lipinski definition) is 8. The van der Waals surface area contributed by atoms with Gasteiger partial charge in [0.1, 0.15) is 6.04 Å². The van der Waals surface area contributed by atoms with Gasteiger partial charge in [-0.15, -0.1) is 0 Å². The van der Waals surface area contributed by atoms with Crippen LogP contribution in [0.15, 0.2) is 30.3 Å². The first-order chi connectivity index (χ1) is 26.1. The van der Waals surface area contributed by atoms with Crippen molar-refractivity contribution < 1.29 is 38.6 Å². The third-order valence-electron chi connectivity index (χ3n) is 9.82. The predicted molar refractivity (Wildman–Crippen MR) is 220 cm³/mol. The van der Waals surface area contributed by atoms with Crippen LogP contribution in [0.25, 0.3) is 0 Å². The van der Waals surface area contributed by atoms with E-state index in [2.05, 4.69) is 35.1 Å². The van der Waals surface area contributed by atoms with Gasteiger partial charge < -0.3 is 40.7 Å². The number of carboxylic acids is 1. The number of amides is 4. The van der Waals surface area contributed by atoms with E-state index in [1.54, 1.807) is 33.0 Å². The molecule has 1 aromatic carbocycles. The molecule has 0 aromatic heterocycles. The molecule has 55 heavy (non-hydrogen) atoms. The molecule has 0 aliphatic rings. The van der Waals surface area contributed by atoms with Crippen LogP contribution >= 0.6 is 0 Å². The second-order valence-electron chi connectivity index (χ2n) is 14.4. The molecule has 0 spiro atoms.